The summed E-state index contributed by atoms with van der Waals surface area (Å²) in [5.41, 5.74) is -1.97. The van der Waals surface area contributed by atoms with Crippen molar-refractivity contribution in [3.8, 4) is 23.7 Å². The van der Waals surface area contributed by atoms with Crippen LogP contribution in [0, 0.1) is 29.6 Å². The molecule has 9 heteroatoms. The van der Waals surface area contributed by atoms with E-state index >= 15 is 0 Å². The number of rotatable bonds is 7. The SMILES string of the molecule is CC1(C)OC[C@H]([C@]2(O[Si](C)(C)C(C)(C)C)CC#C[C@@H](O)[C@@]3(O[Si](C)(C)C(C)(C)C)C[C@@H](O[Si](C)(C)C(C)(C)C)CC3C#[13C]2)O1. The molecule has 0 bridgehead atoms. The molecular weight excluding hydrogens is 602 g/mol. The molecule has 1 N–H and O–H groups in total. The van der Waals surface area contributed by atoms with Crippen molar-refractivity contribution in [3.05, 3.63) is 0 Å². The highest BCUT2D eigenvalue weighted by Crippen LogP contribution is 2.51. The van der Waals surface area contributed by atoms with Gasteiger partial charge in [0.25, 0.3) is 0 Å². The van der Waals surface area contributed by atoms with Gasteiger partial charge in [0.05, 0.1) is 18.9 Å². The molecule has 0 aromatic carbocycles. The lowest BCUT2D eigenvalue weighted by Gasteiger charge is -2.47. The van der Waals surface area contributed by atoms with Gasteiger partial charge in [0.1, 0.15) is 17.8 Å². The van der Waals surface area contributed by atoms with Gasteiger partial charge in [-0.25, -0.2) is 0 Å². The summed E-state index contributed by atoms with van der Waals surface area (Å²) in [5.74, 6) is 13.0. The lowest BCUT2D eigenvalue weighted by Crippen LogP contribution is -2.57. The molecule has 44 heavy (non-hydrogen) atoms. The molecule has 1 heterocycles. The van der Waals surface area contributed by atoms with E-state index < -0.39 is 54.1 Å². The van der Waals surface area contributed by atoms with Crippen LogP contribution in [0.4, 0.5) is 0 Å². The van der Waals surface area contributed by atoms with E-state index in [-0.39, 0.29) is 27.1 Å². The number of aliphatic hydroxyl groups excluding tert-OH is 1. The molecule has 2 aliphatic carbocycles. The van der Waals surface area contributed by atoms with Crippen molar-refractivity contribution in [2.24, 2.45) is 5.92 Å². The van der Waals surface area contributed by atoms with E-state index in [1.54, 1.807) is 0 Å². The van der Waals surface area contributed by atoms with E-state index in [1.165, 1.54) is 0 Å². The maximum absolute atomic E-state index is 12.1. The van der Waals surface area contributed by atoms with E-state index in [0.717, 1.165) is 0 Å². The molecule has 1 saturated carbocycles. The minimum absolute atomic E-state index is 0.0489. The third-order valence-electron chi connectivity index (χ3n) is 11.4. The third kappa shape index (κ3) is 7.63. The molecule has 2 fully saturated rings. The van der Waals surface area contributed by atoms with Gasteiger partial charge in [-0.2, -0.15) is 0 Å². The largest absolute Gasteiger partial charge is 0.414 e. The van der Waals surface area contributed by atoms with Crippen LogP contribution < -0.4 is 0 Å². The first-order chi connectivity index (χ1) is 19.5. The molecule has 0 aromatic heterocycles. The second-order valence-electron chi connectivity index (χ2n) is 18.5. The summed E-state index contributed by atoms with van der Waals surface area (Å²) >= 11 is 0. The Labute approximate surface area is 273 Å². The lowest BCUT2D eigenvalue weighted by atomic mass is 9.86. The van der Waals surface area contributed by atoms with E-state index in [4.69, 9.17) is 22.8 Å². The Morgan fingerprint density at radius 2 is 1.30 bits per heavy atom. The van der Waals surface area contributed by atoms with Gasteiger partial charge in [-0.3, -0.25) is 0 Å². The van der Waals surface area contributed by atoms with Gasteiger partial charge in [0.15, 0.2) is 36.3 Å². The first-order valence-electron chi connectivity index (χ1n) is 16.6. The Morgan fingerprint density at radius 1 is 0.773 bits per heavy atom. The van der Waals surface area contributed by atoms with Crippen LogP contribution in [0.2, 0.25) is 54.4 Å². The van der Waals surface area contributed by atoms with Crippen LogP contribution in [0.25, 0.3) is 0 Å². The number of aliphatic hydroxyl groups is 1. The summed E-state index contributed by atoms with van der Waals surface area (Å²) in [6.07, 6.45) is 0.0473. The number of fused-ring (bicyclic) bond motifs is 1. The zero-order valence-corrected chi connectivity index (χ0v) is 34.1. The first-order valence-corrected chi connectivity index (χ1v) is 25.3. The minimum Gasteiger partial charge on any atom is -0.414 e. The quantitative estimate of drug-likeness (QED) is 0.168. The minimum atomic E-state index is -2.36. The van der Waals surface area contributed by atoms with Crippen molar-refractivity contribution in [3.63, 3.8) is 0 Å². The van der Waals surface area contributed by atoms with Crippen LogP contribution in [-0.4, -0.2) is 72.0 Å². The molecule has 3 aliphatic rings. The van der Waals surface area contributed by atoms with E-state index in [2.05, 4.69) is 125 Å². The summed E-state index contributed by atoms with van der Waals surface area (Å²) in [6, 6.07) is 0. The van der Waals surface area contributed by atoms with Gasteiger partial charge in [-0.05, 0) is 74.7 Å². The first kappa shape index (κ1) is 38.0. The maximum atomic E-state index is 12.1. The van der Waals surface area contributed by atoms with Crippen LogP contribution in [0.1, 0.15) is 95.4 Å². The Morgan fingerprint density at radius 3 is 1.77 bits per heavy atom. The van der Waals surface area contributed by atoms with Crippen molar-refractivity contribution < 1.29 is 27.9 Å². The second-order valence-corrected chi connectivity index (χ2v) is 32.8. The van der Waals surface area contributed by atoms with Gasteiger partial charge in [0, 0.05) is 12.5 Å². The van der Waals surface area contributed by atoms with E-state index in [0.29, 0.717) is 25.9 Å². The third-order valence-corrected chi connectivity index (χ3v) is 25.0. The predicted octanol–water partition coefficient (Wildman–Crippen LogP) is 8.23. The molecule has 0 aromatic rings. The number of hydrogen-bond donors (Lipinski definition) is 1. The molecular formula is C35H64O6Si3. The Kier molecular flexibility index (Phi) is 10.3. The van der Waals surface area contributed by atoms with Crippen molar-refractivity contribution in [2.75, 3.05) is 6.61 Å². The fourth-order valence-electron chi connectivity index (χ4n) is 5.51. The van der Waals surface area contributed by atoms with Crippen molar-refractivity contribution in [1.29, 1.82) is 0 Å². The van der Waals surface area contributed by atoms with Gasteiger partial charge < -0.3 is 27.9 Å². The highest BCUT2D eigenvalue weighted by Gasteiger charge is 2.59. The summed E-state index contributed by atoms with van der Waals surface area (Å²) in [6.45, 7) is 38.0. The summed E-state index contributed by atoms with van der Waals surface area (Å²) < 4.78 is 34.2. The predicted molar refractivity (Wildman–Crippen MR) is 188 cm³/mol. The monoisotopic (exact) mass is 665 g/mol. The van der Waals surface area contributed by atoms with Crippen molar-refractivity contribution >= 4 is 25.0 Å². The topological polar surface area (TPSA) is 66.4 Å². The van der Waals surface area contributed by atoms with Crippen LogP contribution in [-0.2, 0) is 22.8 Å². The van der Waals surface area contributed by atoms with Crippen LogP contribution in [0.15, 0.2) is 0 Å². The molecule has 6 nitrogen and oxygen atoms in total. The summed E-state index contributed by atoms with van der Waals surface area (Å²) in [5, 5.41) is 12.0. The Bertz CT molecular complexity index is 1180. The summed E-state index contributed by atoms with van der Waals surface area (Å²) in [7, 11) is -6.81. The number of ether oxygens (including phenoxy) is 2. The van der Waals surface area contributed by atoms with Crippen LogP contribution >= 0.6 is 0 Å². The average molecular weight is 666 g/mol. The average Bonchev–Trinajstić information content (AvgIpc) is 3.34. The Hall–Kier alpha value is -0.469. The molecule has 0 amide bonds. The zero-order valence-electron chi connectivity index (χ0n) is 31.1. The molecule has 0 radical (unpaired) electrons. The molecule has 3 rings (SSSR count). The van der Waals surface area contributed by atoms with Crippen LogP contribution in [0.5, 0.6) is 0 Å². The molecule has 0 spiro atoms. The van der Waals surface area contributed by atoms with Crippen molar-refractivity contribution in [1.82, 2.24) is 0 Å². The summed E-state index contributed by atoms with van der Waals surface area (Å²) in [4.78, 5) is 0. The second kappa shape index (κ2) is 11.9. The van der Waals surface area contributed by atoms with Gasteiger partial charge in [-0.1, -0.05) is 86.0 Å². The van der Waals surface area contributed by atoms with Gasteiger partial charge in [0.2, 0.25) is 0 Å². The Balaban J connectivity index is 2.23. The molecule has 1 aliphatic heterocycles. The maximum Gasteiger partial charge on any atom is 0.194 e. The highest BCUT2D eigenvalue weighted by atomic mass is 28.4. The molecule has 1 unspecified atom stereocenters. The van der Waals surface area contributed by atoms with E-state index in [9.17, 15) is 5.11 Å². The standard InChI is InChI=1S/C35H64O6Si3/c1-30(2,3)42(12,13)39-27-23-26-20-22-34(29-25-37-33(10,11)38-29,40-43(14,15)31(4,5)6)21-18-19-28(36)35(26,24-27)41-44(16,17)32(7,8)9/h26-29,36H,21,23-25H2,1-17H3/t26?,27-,28+,29+,34-,35+/m0/s1/i22+1. The normalized spacial score (nSPS) is 33.3. The zero-order chi connectivity index (χ0) is 34.0. The fourth-order valence-corrected chi connectivity index (χ4v) is 9.94. The molecule has 252 valence electrons. The highest BCUT2D eigenvalue weighted by molar-refractivity contribution is 6.75. The smallest absolute Gasteiger partial charge is 0.194 e. The molecule has 6 atom stereocenters. The fraction of sp³-hybridized carbons (Fsp3) is 0.886. The van der Waals surface area contributed by atoms with Crippen LogP contribution in [0.3, 0.4) is 0 Å². The van der Waals surface area contributed by atoms with Crippen molar-refractivity contribution in [2.45, 2.75) is 185 Å². The van der Waals surface area contributed by atoms with Gasteiger partial charge in [-0.15, -0.1) is 0 Å². The van der Waals surface area contributed by atoms with E-state index in [1.807, 2.05) is 13.8 Å². The van der Waals surface area contributed by atoms with Gasteiger partial charge >= 0.3 is 0 Å². The molecule has 1 saturated heterocycles. The number of hydrogen-bond acceptors (Lipinski definition) is 6. The lowest BCUT2D eigenvalue weighted by molar-refractivity contribution is -0.157.